The average molecular weight is 331 g/mol. The van der Waals surface area contributed by atoms with Crippen LogP contribution in [0, 0.1) is 12.7 Å². The summed E-state index contributed by atoms with van der Waals surface area (Å²) in [4.78, 5) is 16.6. The van der Waals surface area contributed by atoms with Crippen LogP contribution in [0.2, 0.25) is 0 Å². The van der Waals surface area contributed by atoms with Crippen LogP contribution in [-0.2, 0) is 11.3 Å². The number of amides is 1. The molecule has 2 aromatic rings. The van der Waals surface area contributed by atoms with Gasteiger partial charge in [-0.3, -0.25) is 14.6 Å². The summed E-state index contributed by atoms with van der Waals surface area (Å²) in [5.41, 5.74) is 1.39. The molecule has 1 amide bonds. The molecule has 3 rings (SSSR count). The van der Waals surface area contributed by atoms with Crippen LogP contribution in [0.1, 0.15) is 11.3 Å². The first-order valence-electron chi connectivity index (χ1n) is 8.13. The second kappa shape index (κ2) is 7.59. The van der Waals surface area contributed by atoms with E-state index in [0.29, 0.717) is 12.2 Å². The lowest BCUT2D eigenvalue weighted by Gasteiger charge is -2.33. The Kier molecular flexibility index (Phi) is 5.27. The van der Waals surface area contributed by atoms with E-state index in [2.05, 4.69) is 15.1 Å². The maximum absolute atomic E-state index is 13.3. The van der Waals surface area contributed by atoms with E-state index in [9.17, 15) is 9.18 Å². The van der Waals surface area contributed by atoms with Crippen molar-refractivity contribution >= 4 is 11.6 Å². The fourth-order valence-corrected chi connectivity index (χ4v) is 2.85. The number of nitrogens with one attached hydrogen (secondary N) is 1. The number of hydrogen-bond donors (Lipinski definition) is 1. The molecule has 5 nitrogen and oxygen atoms in total. The van der Waals surface area contributed by atoms with Gasteiger partial charge in [0.15, 0.2) is 0 Å². The van der Waals surface area contributed by atoms with Gasteiger partial charge in [-0.1, -0.05) is 6.07 Å². The Morgan fingerprint density at radius 1 is 1.21 bits per heavy atom. The van der Waals surface area contributed by atoms with Crippen molar-refractivity contribution in [3.63, 3.8) is 0 Å². The second-order valence-corrected chi connectivity index (χ2v) is 6.14. The highest BCUT2D eigenvalue weighted by atomic mass is 19.1. The molecule has 1 saturated heterocycles. The van der Waals surface area contributed by atoms with Gasteiger partial charge >= 0.3 is 0 Å². The maximum Gasteiger partial charge on any atom is 0.238 e. The molecule has 0 atom stereocenters. The molecule has 1 aromatic carbocycles. The van der Waals surface area contributed by atoms with Crippen molar-refractivity contribution in [2.24, 2.45) is 0 Å². The average Bonchev–Trinajstić information content (AvgIpc) is 3.06. The van der Waals surface area contributed by atoms with Gasteiger partial charge in [0.1, 0.15) is 11.6 Å². The normalized spacial score (nSPS) is 16.2. The zero-order valence-corrected chi connectivity index (χ0v) is 13.8. The number of carbonyl (C=O) groups excluding carboxylic acids is 1. The number of benzene rings is 1. The number of anilines is 1. The highest BCUT2D eigenvalue weighted by Gasteiger charge is 2.20. The molecule has 1 aliphatic heterocycles. The molecule has 0 unspecified atom stereocenters. The van der Waals surface area contributed by atoms with Gasteiger partial charge in [-0.25, -0.2) is 4.39 Å². The summed E-state index contributed by atoms with van der Waals surface area (Å²) in [5, 5.41) is 2.80. The van der Waals surface area contributed by atoms with Crippen LogP contribution in [0.3, 0.4) is 0 Å². The predicted octanol–water partition coefficient (Wildman–Crippen LogP) is 2.48. The lowest BCUT2D eigenvalue weighted by molar-refractivity contribution is -0.117. The molecule has 0 radical (unpaired) electrons. The molecule has 2 heterocycles. The van der Waals surface area contributed by atoms with E-state index in [1.165, 1.54) is 12.1 Å². The molecule has 1 N–H and O–H groups in total. The first-order chi connectivity index (χ1) is 11.6. The number of furan rings is 1. The molecule has 6 heteroatoms. The molecule has 128 valence electrons. The zero-order chi connectivity index (χ0) is 16.9. The van der Waals surface area contributed by atoms with Crippen molar-refractivity contribution < 1.29 is 13.6 Å². The molecule has 0 spiro atoms. The fraction of sp³-hybridized carbons (Fsp3) is 0.389. The Balaban J connectivity index is 1.45. The summed E-state index contributed by atoms with van der Waals surface area (Å²) < 4.78 is 18.6. The molecule has 24 heavy (non-hydrogen) atoms. The van der Waals surface area contributed by atoms with Crippen LogP contribution < -0.4 is 5.32 Å². The minimum atomic E-state index is -0.345. The van der Waals surface area contributed by atoms with Crippen LogP contribution in [0.25, 0.3) is 0 Å². The van der Waals surface area contributed by atoms with Gasteiger partial charge in [0.05, 0.1) is 19.4 Å². The Bertz CT molecular complexity index is 680. The summed E-state index contributed by atoms with van der Waals surface area (Å²) in [5.74, 6) is 0.508. The number of rotatable bonds is 5. The highest BCUT2D eigenvalue weighted by molar-refractivity contribution is 5.92. The smallest absolute Gasteiger partial charge is 0.238 e. The van der Waals surface area contributed by atoms with Crippen molar-refractivity contribution in [2.75, 3.05) is 38.0 Å². The van der Waals surface area contributed by atoms with Gasteiger partial charge < -0.3 is 9.73 Å². The van der Waals surface area contributed by atoms with Crippen LogP contribution >= 0.6 is 0 Å². The van der Waals surface area contributed by atoms with E-state index in [4.69, 9.17) is 4.42 Å². The van der Waals surface area contributed by atoms with Gasteiger partial charge in [0.25, 0.3) is 0 Å². The Hall–Kier alpha value is -2.18. The van der Waals surface area contributed by atoms with Gasteiger partial charge in [0, 0.05) is 31.9 Å². The summed E-state index contributed by atoms with van der Waals surface area (Å²) in [6, 6.07) is 8.28. The second-order valence-electron chi connectivity index (χ2n) is 6.14. The number of piperazine rings is 1. The number of aryl methyl sites for hydroxylation is 1. The van der Waals surface area contributed by atoms with E-state index in [1.54, 1.807) is 12.3 Å². The van der Waals surface area contributed by atoms with Gasteiger partial charge in [-0.05, 0) is 36.8 Å². The lowest BCUT2D eigenvalue weighted by Crippen LogP contribution is -2.48. The van der Waals surface area contributed by atoms with Gasteiger partial charge in [0.2, 0.25) is 5.91 Å². The Labute approximate surface area is 141 Å². The molecule has 1 aromatic heterocycles. The van der Waals surface area contributed by atoms with Crippen molar-refractivity contribution in [1.82, 2.24) is 9.80 Å². The maximum atomic E-state index is 13.3. The lowest BCUT2D eigenvalue weighted by atomic mass is 10.2. The standard InChI is InChI=1S/C18H22FN3O2/c1-14-4-5-15(19)11-17(14)20-18(23)13-22-8-6-21(7-9-22)12-16-3-2-10-24-16/h2-5,10-11H,6-9,12-13H2,1H3,(H,20,23). The number of hydrogen-bond acceptors (Lipinski definition) is 4. The summed E-state index contributed by atoms with van der Waals surface area (Å²) in [7, 11) is 0. The highest BCUT2D eigenvalue weighted by Crippen LogP contribution is 2.16. The number of nitrogens with zero attached hydrogens (tertiary/aromatic N) is 2. The zero-order valence-electron chi connectivity index (χ0n) is 13.8. The van der Waals surface area contributed by atoms with Crippen molar-refractivity contribution in [3.05, 3.63) is 53.7 Å². The molecule has 0 bridgehead atoms. The minimum Gasteiger partial charge on any atom is -0.468 e. The minimum absolute atomic E-state index is 0.108. The SMILES string of the molecule is Cc1ccc(F)cc1NC(=O)CN1CCN(Cc2ccco2)CC1. The predicted molar refractivity (Wildman–Crippen MR) is 90.2 cm³/mol. The van der Waals surface area contributed by atoms with E-state index in [0.717, 1.165) is 44.0 Å². The largest absolute Gasteiger partial charge is 0.468 e. The van der Waals surface area contributed by atoms with Crippen LogP contribution in [-0.4, -0.2) is 48.4 Å². The molecule has 0 aliphatic carbocycles. The van der Waals surface area contributed by atoms with E-state index >= 15 is 0 Å². The van der Waals surface area contributed by atoms with Crippen LogP contribution in [0.4, 0.5) is 10.1 Å². The van der Waals surface area contributed by atoms with E-state index in [1.807, 2.05) is 19.1 Å². The molecule has 1 aliphatic rings. The van der Waals surface area contributed by atoms with Crippen molar-refractivity contribution in [2.45, 2.75) is 13.5 Å². The molecular weight excluding hydrogens is 309 g/mol. The summed E-state index contributed by atoms with van der Waals surface area (Å²) >= 11 is 0. The third-order valence-electron chi connectivity index (χ3n) is 4.27. The Morgan fingerprint density at radius 2 is 1.96 bits per heavy atom. The van der Waals surface area contributed by atoms with Crippen LogP contribution in [0.15, 0.2) is 41.0 Å². The third kappa shape index (κ3) is 4.43. The monoisotopic (exact) mass is 331 g/mol. The van der Waals surface area contributed by atoms with E-state index in [-0.39, 0.29) is 11.7 Å². The Morgan fingerprint density at radius 3 is 2.67 bits per heavy atom. The molecular formula is C18H22FN3O2. The van der Waals surface area contributed by atoms with Crippen molar-refractivity contribution in [3.8, 4) is 0 Å². The third-order valence-corrected chi connectivity index (χ3v) is 4.27. The van der Waals surface area contributed by atoms with Gasteiger partial charge in [-0.2, -0.15) is 0 Å². The first-order valence-corrected chi connectivity index (χ1v) is 8.13. The number of halogens is 1. The van der Waals surface area contributed by atoms with E-state index < -0.39 is 0 Å². The first kappa shape index (κ1) is 16.7. The van der Waals surface area contributed by atoms with Crippen LogP contribution in [0.5, 0.6) is 0 Å². The molecule has 1 fully saturated rings. The van der Waals surface area contributed by atoms with Gasteiger partial charge in [-0.15, -0.1) is 0 Å². The summed E-state index contributed by atoms with van der Waals surface area (Å²) in [6.45, 7) is 6.43. The topological polar surface area (TPSA) is 48.7 Å². The van der Waals surface area contributed by atoms with Crippen molar-refractivity contribution in [1.29, 1.82) is 0 Å². The number of carbonyl (C=O) groups is 1. The summed E-state index contributed by atoms with van der Waals surface area (Å²) in [6.07, 6.45) is 1.68. The molecule has 0 saturated carbocycles. The quantitative estimate of drug-likeness (QED) is 0.914. The fourth-order valence-electron chi connectivity index (χ4n) is 2.85.